The van der Waals surface area contributed by atoms with Crippen LogP contribution in [0.15, 0.2) is 0 Å². The number of hydrogen-bond acceptors (Lipinski definition) is 6. The number of hydrogen-bond donors (Lipinski definition) is 0. The van der Waals surface area contributed by atoms with Crippen molar-refractivity contribution in [3.05, 3.63) is 0 Å². The zero-order valence-electron chi connectivity index (χ0n) is 7.30. The van der Waals surface area contributed by atoms with E-state index in [2.05, 4.69) is 0 Å². The third-order valence-corrected chi connectivity index (χ3v) is 0. The molecule has 77 valence electrons. The number of carbonyl (C=O) groups is 3. The Kier molecular flexibility index (Phi) is 30.1. The first-order chi connectivity index (χ1) is 5.20. The van der Waals surface area contributed by atoms with E-state index in [0.29, 0.717) is 0 Å². The average molecular weight is 367 g/mol. The van der Waals surface area contributed by atoms with Gasteiger partial charge >= 0.3 is 19.8 Å². The maximum Gasteiger partial charge on any atom is 3.00 e. The van der Waals surface area contributed by atoms with E-state index in [-0.39, 0.29) is 19.8 Å². The van der Waals surface area contributed by atoms with Gasteiger partial charge in [-0.3, -0.25) is 0 Å². The summed E-state index contributed by atoms with van der Waals surface area (Å²) in [6.45, 7) is 2.92. The molecule has 1 radical (unpaired) electrons. The molecule has 0 saturated heterocycles. The van der Waals surface area contributed by atoms with Crippen LogP contribution in [0.2, 0.25) is 0 Å². The van der Waals surface area contributed by atoms with Gasteiger partial charge in [0.1, 0.15) is 0 Å². The Labute approximate surface area is 88.6 Å². The summed E-state index contributed by atoms with van der Waals surface area (Å²) in [4.78, 5) is 26.7. The number of carboxylic acid groups (broad SMARTS) is 3. The molecule has 0 aliphatic rings. The predicted octanol–water partition coefficient (Wildman–Crippen LogP) is -3.73. The van der Waals surface area contributed by atoms with E-state index < -0.39 is 17.9 Å². The number of rotatable bonds is 0. The van der Waals surface area contributed by atoms with Crippen LogP contribution in [-0.4, -0.2) is 17.9 Å². The minimum atomic E-state index is -1.08. The second kappa shape index (κ2) is 17.2. The Morgan fingerprint density at radius 3 is 0.692 bits per heavy atom. The van der Waals surface area contributed by atoms with Crippen LogP contribution in [0.3, 0.4) is 0 Å². The van der Waals surface area contributed by atoms with Crippen LogP contribution in [0.1, 0.15) is 20.8 Å². The molecule has 0 fully saturated rings. The van der Waals surface area contributed by atoms with Gasteiger partial charge in [-0.1, -0.05) is 0 Å². The van der Waals surface area contributed by atoms with Crippen molar-refractivity contribution in [1.29, 1.82) is 0 Å². The van der Waals surface area contributed by atoms with Crippen LogP contribution in [0.5, 0.6) is 0 Å². The van der Waals surface area contributed by atoms with Crippen molar-refractivity contribution in [1.82, 2.24) is 0 Å². The average Bonchev–Trinajstić information content (AvgIpc) is 1.54. The standard InChI is InChI=1S/3C2H4O2.Os/c3*1-2(3)4;/h3*1H3,(H,3,4);/q;;;+3/p-3. The zero-order valence-corrected chi connectivity index (χ0v) is 9.84. The van der Waals surface area contributed by atoms with Crippen LogP contribution in [0.25, 0.3) is 0 Å². The van der Waals surface area contributed by atoms with Crippen LogP contribution in [-0.2, 0) is 34.2 Å². The van der Waals surface area contributed by atoms with Gasteiger partial charge in [-0.2, -0.15) is 0 Å². The maximum absolute atomic E-state index is 8.89. The van der Waals surface area contributed by atoms with Crippen LogP contribution < -0.4 is 15.3 Å². The van der Waals surface area contributed by atoms with Gasteiger partial charge in [-0.25, -0.2) is 0 Å². The van der Waals surface area contributed by atoms with Gasteiger partial charge in [0.2, 0.25) is 0 Å². The first-order valence-electron chi connectivity index (χ1n) is 2.72. The molecule has 0 atom stereocenters. The predicted molar refractivity (Wildman–Crippen MR) is 32.0 cm³/mol. The summed E-state index contributed by atoms with van der Waals surface area (Å²) in [6, 6.07) is 0. The second-order valence-electron chi connectivity index (χ2n) is 1.47. The Balaban J connectivity index is -0.0000000450. The first-order valence-corrected chi connectivity index (χ1v) is 2.72. The molecule has 0 heterocycles. The van der Waals surface area contributed by atoms with Gasteiger partial charge in [0.05, 0.1) is 0 Å². The van der Waals surface area contributed by atoms with Crippen molar-refractivity contribution in [3.8, 4) is 0 Å². The van der Waals surface area contributed by atoms with Crippen molar-refractivity contribution in [2.45, 2.75) is 20.8 Å². The molecule has 0 spiro atoms. The van der Waals surface area contributed by atoms with Gasteiger partial charge in [-0.15, -0.1) is 0 Å². The van der Waals surface area contributed by atoms with Crippen molar-refractivity contribution in [2.75, 3.05) is 0 Å². The monoisotopic (exact) mass is 369 g/mol. The summed E-state index contributed by atoms with van der Waals surface area (Å²) >= 11 is 0. The molecule has 6 nitrogen and oxygen atoms in total. The molecular weight excluding hydrogens is 358 g/mol. The van der Waals surface area contributed by atoms with Gasteiger partial charge in [0, 0.05) is 17.9 Å². The Morgan fingerprint density at radius 1 is 0.692 bits per heavy atom. The van der Waals surface area contributed by atoms with Gasteiger partial charge in [-0.05, 0) is 20.8 Å². The number of carboxylic acids is 3. The summed E-state index contributed by atoms with van der Waals surface area (Å²) in [6.07, 6.45) is 0. The summed E-state index contributed by atoms with van der Waals surface area (Å²) in [5.41, 5.74) is 0. The van der Waals surface area contributed by atoms with Crippen molar-refractivity contribution < 1.29 is 49.5 Å². The molecule has 0 N–H and O–H groups in total. The van der Waals surface area contributed by atoms with Gasteiger partial charge in [0.15, 0.2) is 0 Å². The Morgan fingerprint density at radius 2 is 0.692 bits per heavy atom. The Bertz CT molecular complexity index is 115. The third kappa shape index (κ3) is 994. The van der Waals surface area contributed by atoms with E-state index in [1.165, 1.54) is 0 Å². The summed E-state index contributed by atoms with van der Waals surface area (Å²) in [5.74, 6) is -3.25. The fraction of sp³-hybridized carbons (Fsp3) is 0.500. The van der Waals surface area contributed by atoms with Crippen molar-refractivity contribution >= 4 is 17.9 Å². The first kappa shape index (κ1) is 22.7. The molecule has 0 aliphatic heterocycles. The van der Waals surface area contributed by atoms with E-state index in [4.69, 9.17) is 29.7 Å². The molecule has 0 aromatic carbocycles. The van der Waals surface area contributed by atoms with Crippen LogP contribution >= 0.6 is 0 Å². The zero-order chi connectivity index (χ0) is 10.7. The molecule has 13 heavy (non-hydrogen) atoms. The molecule has 0 aromatic heterocycles. The van der Waals surface area contributed by atoms with Gasteiger partial charge < -0.3 is 29.7 Å². The minimum Gasteiger partial charge on any atom is -0.550 e. The maximum atomic E-state index is 8.89. The summed E-state index contributed by atoms with van der Waals surface area (Å²) < 4.78 is 0. The van der Waals surface area contributed by atoms with E-state index in [0.717, 1.165) is 20.8 Å². The topological polar surface area (TPSA) is 120 Å². The molecule has 0 bridgehead atoms. The number of aliphatic carboxylic acids is 3. The fourth-order valence-corrected chi connectivity index (χ4v) is 0. The molecule has 0 aliphatic carbocycles. The molecule has 0 saturated carbocycles. The smallest absolute Gasteiger partial charge is 0.550 e. The van der Waals surface area contributed by atoms with E-state index >= 15 is 0 Å². The van der Waals surface area contributed by atoms with Gasteiger partial charge in [0.25, 0.3) is 0 Å². The second-order valence-corrected chi connectivity index (χ2v) is 1.47. The van der Waals surface area contributed by atoms with Crippen LogP contribution in [0, 0.1) is 0 Å². The van der Waals surface area contributed by atoms with E-state index in [9.17, 15) is 0 Å². The largest absolute Gasteiger partial charge is 3.00 e. The summed E-state index contributed by atoms with van der Waals surface area (Å²) in [5, 5.41) is 26.7. The summed E-state index contributed by atoms with van der Waals surface area (Å²) in [7, 11) is 0. The molecule has 0 unspecified atom stereocenters. The fourth-order valence-electron chi connectivity index (χ4n) is 0. The Hall–Kier alpha value is -0.954. The molecular formula is C6H9O6Os. The SMILES string of the molecule is CC(=O)[O-].CC(=O)[O-].CC(=O)[O-].[Os+3]. The number of carbonyl (C=O) groups excluding carboxylic acids is 3. The molecule has 0 amide bonds. The molecule has 0 rings (SSSR count). The third-order valence-electron chi connectivity index (χ3n) is 0. The minimum absolute atomic E-state index is 0. The van der Waals surface area contributed by atoms with Crippen LogP contribution in [0.4, 0.5) is 0 Å². The normalized spacial score (nSPS) is 5.77. The molecule has 0 aromatic rings. The molecule has 7 heteroatoms. The van der Waals surface area contributed by atoms with Crippen molar-refractivity contribution in [2.24, 2.45) is 0 Å². The van der Waals surface area contributed by atoms with E-state index in [1.807, 2.05) is 0 Å². The van der Waals surface area contributed by atoms with E-state index in [1.54, 1.807) is 0 Å². The van der Waals surface area contributed by atoms with Crippen molar-refractivity contribution in [3.63, 3.8) is 0 Å². The quantitative estimate of drug-likeness (QED) is 0.434.